The molecule has 0 spiro atoms. The summed E-state index contributed by atoms with van der Waals surface area (Å²) in [5.41, 5.74) is 0. The van der Waals surface area contributed by atoms with Gasteiger partial charge in [-0.1, -0.05) is 20.4 Å². The number of likely N-dealkylation sites (tertiary alicyclic amines) is 1. The molecule has 1 fully saturated rings. The van der Waals surface area contributed by atoms with Gasteiger partial charge < -0.3 is 10.2 Å². The van der Waals surface area contributed by atoms with Crippen LogP contribution in [0.4, 0.5) is 0 Å². The van der Waals surface area contributed by atoms with Gasteiger partial charge in [0.05, 0.1) is 0 Å². The van der Waals surface area contributed by atoms with Crippen LogP contribution in [0.2, 0.25) is 0 Å². The number of nitrogens with one attached hydrogen (secondary N) is 1. The molecule has 3 nitrogen and oxygen atoms in total. The van der Waals surface area contributed by atoms with Crippen LogP contribution in [-0.4, -0.2) is 35.5 Å². The summed E-state index contributed by atoms with van der Waals surface area (Å²) < 4.78 is 0. The largest absolute Gasteiger partial charge is 0.335 e. The third-order valence-electron chi connectivity index (χ3n) is 2.91. The van der Waals surface area contributed by atoms with Crippen LogP contribution >= 0.6 is 0 Å². The lowest BCUT2D eigenvalue weighted by Gasteiger charge is -2.38. The molecule has 1 heterocycles. The molecule has 86 valence electrons. The first-order valence-electron chi connectivity index (χ1n) is 5.73. The van der Waals surface area contributed by atoms with Crippen LogP contribution in [-0.2, 0) is 4.79 Å². The van der Waals surface area contributed by atoms with Crippen LogP contribution < -0.4 is 5.32 Å². The fourth-order valence-corrected chi connectivity index (χ4v) is 2.14. The third-order valence-corrected chi connectivity index (χ3v) is 2.91. The highest BCUT2D eigenvalue weighted by molar-refractivity contribution is 5.87. The summed E-state index contributed by atoms with van der Waals surface area (Å²) in [6, 6.07) is 1.26. The first kappa shape index (κ1) is 12.2. The lowest BCUT2D eigenvalue weighted by molar-refractivity contribution is -0.129. The molecular weight excluding hydrogens is 188 g/mol. The Morgan fingerprint density at radius 3 is 2.73 bits per heavy atom. The Hall–Kier alpha value is -0.830. The van der Waals surface area contributed by atoms with E-state index in [-0.39, 0.29) is 5.91 Å². The maximum absolute atomic E-state index is 11.6. The van der Waals surface area contributed by atoms with Crippen molar-refractivity contribution in [2.75, 3.05) is 6.54 Å². The molecule has 0 aliphatic carbocycles. The smallest absolute Gasteiger partial charge is 0.246 e. The zero-order valence-electron chi connectivity index (χ0n) is 9.99. The predicted octanol–water partition coefficient (Wildman–Crippen LogP) is 1.55. The molecule has 1 aliphatic rings. The van der Waals surface area contributed by atoms with Crippen molar-refractivity contribution in [1.82, 2.24) is 10.2 Å². The van der Waals surface area contributed by atoms with Gasteiger partial charge in [0.15, 0.2) is 0 Å². The summed E-state index contributed by atoms with van der Waals surface area (Å²) in [5, 5.41) is 3.48. The highest BCUT2D eigenvalue weighted by atomic mass is 16.2. The first-order valence-corrected chi connectivity index (χ1v) is 5.73. The molecule has 0 saturated carbocycles. The van der Waals surface area contributed by atoms with Gasteiger partial charge in [0.25, 0.3) is 0 Å². The van der Waals surface area contributed by atoms with Crippen LogP contribution in [0, 0.1) is 0 Å². The van der Waals surface area contributed by atoms with E-state index in [2.05, 4.69) is 32.7 Å². The second-order valence-electron chi connectivity index (χ2n) is 4.64. The van der Waals surface area contributed by atoms with E-state index in [1.807, 2.05) is 4.90 Å². The highest BCUT2D eigenvalue weighted by Gasteiger charge is 2.27. The Labute approximate surface area is 92.5 Å². The maximum atomic E-state index is 11.6. The van der Waals surface area contributed by atoms with Gasteiger partial charge in [0, 0.05) is 24.7 Å². The van der Waals surface area contributed by atoms with E-state index in [0.29, 0.717) is 18.1 Å². The Kier molecular flexibility index (Phi) is 4.33. The second kappa shape index (κ2) is 5.31. The molecule has 1 rings (SSSR count). The summed E-state index contributed by atoms with van der Waals surface area (Å²) in [7, 11) is 0. The molecule has 1 amide bonds. The molecule has 0 aromatic rings. The van der Waals surface area contributed by atoms with E-state index in [0.717, 1.165) is 19.4 Å². The molecule has 0 aromatic carbocycles. The van der Waals surface area contributed by atoms with E-state index in [9.17, 15) is 4.79 Å². The molecule has 2 atom stereocenters. The number of nitrogens with zero attached hydrogens (tertiary/aromatic N) is 1. The van der Waals surface area contributed by atoms with E-state index in [1.54, 1.807) is 0 Å². The van der Waals surface area contributed by atoms with Crippen molar-refractivity contribution in [2.24, 2.45) is 0 Å². The Morgan fingerprint density at radius 1 is 1.53 bits per heavy atom. The van der Waals surface area contributed by atoms with Gasteiger partial charge in [0.1, 0.15) is 0 Å². The van der Waals surface area contributed by atoms with Gasteiger partial charge in [-0.15, -0.1) is 0 Å². The van der Waals surface area contributed by atoms with Crippen molar-refractivity contribution in [1.29, 1.82) is 0 Å². The number of carbonyl (C=O) groups excluding carboxylic acids is 1. The van der Waals surface area contributed by atoms with Crippen LogP contribution in [0.1, 0.15) is 33.6 Å². The summed E-state index contributed by atoms with van der Waals surface area (Å²) in [6.45, 7) is 10.7. The van der Waals surface area contributed by atoms with E-state index in [4.69, 9.17) is 0 Å². The van der Waals surface area contributed by atoms with Crippen molar-refractivity contribution in [3.8, 4) is 0 Å². The molecule has 15 heavy (non-hydrogen) atoms. The van der Waals surface area contributed by atoms with Crippen LogP contribution in [0.15, 0.2) is 12.7 Å². The Bertz CT molecular complexity index is 238. The standard InChI is InChI=1S/C12H22N2O/c1-5-12(15)14-8-11(13-9(2)3)7-6-10(14)4/h5,9-11,13H,1,6-8H2,2-4H3/t10-,11+/m0/s1. The first-order chi connectivity index (χ1) is 7.04. The molecule has 0 bridgehead atoms. The summed E-state index contributed by atoms with van der Waals surface area (Å²) in [6.07, 6.45) is 3.64. The molecule has 1 saturated heterocycles. The molecule has 0 aromatic heterocycles. The minimum atomic E-state index is 0.0535. The normalized spacial score (nSPS) is 26.8. The van der Waals surface area contributed by atoms with E-state index in [1.165, 1.54) is 6.08 Å². The molecule has 0 radical (unpaired) electrons. The summed E-state index contributed by atoms with van der Waals surface area (Å²) in [4.78, 5) is 13.5. The van der Waals surface area contributed by atoms with Crippen LogP contribution in [0.25, 0.3) is 0 Å². The van der Waals surface area contributed by atoms with Crippen LogP contribution in [0.5, 0.6) is 0 Å². The monoisotopic (exact) mass is 210 g/mol. The minimum Gasteiger partial charge on any atom is -0.335 e. The van der Waals surface area contributed by atoms with Crippen molar-refractivity contribution >= 4 is 5.91 Å². The quantitative estimate of drug-likeness (QED) is 0.717. The number of hydrogen-bond acceptors (Lipinski definition) is 2. The maximum Gasteiger partial charge on any atom is 0.246 e. The van der Waals surface area contributed by atoms with Crippen molar-refractivity contribution < 1.29 is 4.79 Å². The topological polar surface area (TPSA) is 32.3 Å². The Morgan fingerprint density at radius 2 is 2.20 bits per heavy atom. The lowest BCUT2D eigenvalue weighted by atomic mass is 9.98. The fraction of sp³-hybridized carbons (Fsp3) is 0.750. The SMILES string of the molecule is C=CC(=O)N1C[C@H](NC(C)C)CC[C@@H]1C. The number of hydrogen-bond donors (Lipinski definition) is 1. The van der Waals surface area contributed by atoms with Gasteiger partial charge >= 0.3 is 0 Å². The zero-order valence-corrected chi connectivity index (χ0v) is 9.99. The Balaban J connectivity index is 2.55. The fourth-order valence-electron chi connectivity index (χ4n) is 2.14. The summed E-state index contributed by atoms with van der Waals surface area (Å²) >= 11 is 0. The number of rotatable bonds is 3. The van der Waals surface area contributed by atoms with Crippen molar-refractivity contribution in [3.05, 3.63) is 12.7 Å². The van der Waals surface area contributed by atoms with Crippen LogP contribution in [0.3, 0.4) is 0 Å². The average Bonchev–Trinajstić information content (AvgIpc) is 2.19. The van der Waals surface area contributed by atoms with Gasteiger partial charge in [-0.05, 0) is 25.8 Å². The highest BCUT2D eigenvalue weighted by Crippen LogP contribution is 2.17. The van der Waals surface area contributed by atoms with Crippen molar-refractivity contribution in [2.45, 2.75) is 51.7 Å². The molecule has 1 N–H and O–H groups in total. The van der Waals surface area contributed by atoms with Gasteiger partial charge in [-0.3, -0.25) is 4.79 Å². The molecule has 0 unspecified atom stereocenters. The molecule has 1 aliphatic heterocycles. The number of piperidine rings is 1. The predicted molar refractivity (Wildman–Crippen MR) is 62.7 cm³/mol. The van der Waals surface area contributed by atoms with Gasteiger partial charge in [-0.25, -0.2) is 0 Å². The van der Waals surface area contributed by atoms with Crippen molar-refractivity contribution in [3.63, 3.8) is 0 Å². The average molecular weight is 210 g/mol. The lowest BCUT2D eigenvalue weighted by Crippen LogP contribution is -2.52. The molecule has 3 heteroatoms. The summed E-state index contributed by atoms with van der Waals surface area (Å²) in [5.74, 6) is 0.0535. The third kappa shape index (κ3) is 3.34. The van der Waals surface area contributed by atoms with Gasteiger partial charge in [0.2, 0.25) is 5.91 Å². The van der Waals surface area contributed by atoms with E-state index < -0.39 is 0 Å². The number of amides is 1. The number of carbonyl (C=O) groups is 1. The van der Waals surface area contributed by atoms with Gasteiger partial charge in [-0.2, -0.15) is 0 Å². The second-order valence-corrected chi connectivity index (χ2v) is 4.64. The zero-order chi connectivity index (χ0) is 11.4. The minimum absolute atomic E-state index is 0.0535. The molecular formula is C12H22N2O. The van der Waals surface area contributed by atoms with E-state index >= 15 is 0 Å².